The molecule has 0 unspecified atom stereocenters. The Morgan fingerprint density at radius 1 is 0.971 bits per heavy atom. The molecule has 4 aliphatic rings. The maximum Gasteiger partial charge on any atom is 0.330 e. The highest BCUT2D eigenvalue weighted by atomic mass is 16.4. The number of carbonyl (C=O) groups excluding carboxylic acids is 1. The largest absolute Gasteiger partial charge is 0.481 e. The van der Waals surface area contributed by atoms with Crippen molar-refractivity contribution in [2.24, 2.45) is 39.4 Å². The van der Waals surface area contributed by atoms with Crippen LogP contribution in [0.25, 0.3) is 0 Å². The average molecular weight is 485 g/mol. The molecule has 0 aliphatic heterocycles. The number of carboxylic acid groups (broad SMARTS) is 2. The van der Waals surface area contributed by atoms with Gasteiger partial charge < -0.3 is 10.2 Å². The number of allylic oxidation sites excluding steroid dienone is 3. The van der Waals surface area contributed by atoms with Crippen LogP contribution in [0, 0.1) is 39.4 Å². The third-order valence-corrected chi connectivity index (χ3v) is 11.6. The van der Waals surface area contributed by atoms with Crippen molar-refractivity contribution < 1.29 is 24.6 Å². The molecule has 0 radical (unpaired) electrons. The van der Waals surface area contributed by atoms with Crippen LogP contribution in [0.5, 0.6) is 0 Å². The van der Waals surface area contributed by atoms with Crippen LogP contribution in [0.3, 0.4) is 0 Å². The fourth-order valence-electron chi connectivity index (χ4n) is 9.24. The molecule has 194 valence electrons. The van der Waals surface area contributed by atoms with Gasteiger partial charge in [-0.15, -0.1) is 0 Å². The minimum absolute atomic E-state index is 0.00858. The Bertz CT molecular complexity index is 1000. The van der Waals surface area contributed by atoms with Crippen LogP contribution in [0.15, 0.2) is 22.8 Å². The topological polar surface area (TPSA) is 91.7 Å². The quantitative estimate of drug-likeness (QED) is 0.319. The lowest BCUT2D eigenvalue weighted by molar-refractivity contribution is -0.146. The number of hydrogen-bond donors (Lipinski definition) is 2. The van der Waals surface area contributed by atoms with Gasteiger partial charge in [-0.05, 0) is 92.8 Å². The minimum atomic E-state index is -0.944. The van der Waals surface area contributed by atoms with Gasteiger partial charge in [-0.2, -0.15) is 0 Å². The lowest BCUT2D eigenvalue weighted by Gasteiger charge is -2.60. The summed E-state index contributed by atoms with van der Waals surface area (Å²) >= 11 is 0. The number of carbonyl (C=O) groups is 3. The van der Waals surface area contributed by atoms with Crippen LogP contribution >= 0.6 is 0 Å². The molecule has 2 saturated carbocycles. The van der Waals surface area contributed by atoms with Gasteiger partial charge in [0.05, 0.1) is 5.92 Å². The highest BCUT2D eigenvalue weighted by Gasteiger charge is 2.64. The summed E-state index contributed by atoms with van der Waals surface area (Å²) in [7, 11) is 0. The molecule has 6 atom stereocenters. The number of Topliss-reactive ketones (excluding diaryl/α,β-unsaturated/α-hetero) is 1. The van der Waals surface area contributed by atoms with Crippen molar-refractivity contribution in [3.8, 4) is 0 Å². The van der Waals surface area contributed by atoms with E-state index in [0.29, 0.717) is 31.0 Å². The lowest BCUT2D eigenvalue weighted by Crippen LogP contribution is -2.54. The molecule has 0 aromatic heterocycles. The molecule has 5 nitrogen and oxygen atoms in total. The Balaban J connectivity index is 1.66. The van der Waals surface area contributed by atoms with Crippen molar-refractivity contribution in [1.82, 2.24) is 0 Å². The van der Waals surface area contributed by atoms with Crippen molar-refractivity contribution in [2.75, 3.05) is 0 Å². The second-order valence-corrected chi connectivity index (χ2v) is 13.2. The van der Waals surface area contributed by atoms with E-state index in [1.54, 1.807) is 24.1 Å². The van der Waals surface area contributed by atoms with E-state index < -0.39 is 17.9 Å². The van der Waals surface area contributed by atoms with Crippen LogP contribution in [0.4, 0.5) is 0 Å². The SMILES string of the molecule is C/C(=C\CC[C@@H](C(=O)O)[C@@H]1CC[C@@]2(C)C3=C(CC[C@]12C)[C@@]1(C)CCC(=O)C(C)(C)[C@@H]1CC3)C(=O)O. The third-order valence-electron chi connectivity index (χ3n) is 11.6. The molecule has 0 spiro atoms. The van der Waals surface area contributed by atoms with Gasteiger partial charge in [-0.1, -0.05) is 51.8 Å². The molecule has 0 bridgehead atoms. The van der Waals surface area contributed by atoms with Crippen LogP contribution in [0.2, 0.25) is 0 Å². The summed E-state index contributed by atoms with van der Waals surface area (Å²) in [5.74, 6) is -1.26. The van der Waals surface area contributed by atoms with Crippen LogP contribution in [-0.2, 0) is 14.4 Å². The van der Waals surface area contributed by atoms with Crippen molar-refractivity contribution >= 4 is 17.7 Å². The van der Waals surface area contributed by atoms with E-state index in [4.69, 9.17) is 5.11 Å². The lowest BCUT2D eigenvalue weighted by atomic mass is 9.43. The monoisotopic (exact) mass is 484 g/mol. The van der Waals surface area contributed by atoms with E-state index in [1.165, 1.54) is 0 Å². The number of hydrogen-bond acceptors (Lipinski definition) is 3. The van der Waals surface area contributed by atoms with Gasteiger partial charge in [-0.25, -0.2) is 4.79 Å². The number of ketones is 1. The Kier molecular flexibility index (Phi) is 6.42. The zero-order valence-corrected chi connectivity index (χ0v) is 22.5. The Labute approximate surface area is 210 Å². The Morgan fingerprint density at radius 3 is 2.29 bits per heavy atom. The van der Waals surface area contributed by atoms with E-state index in [2.05, 4.69) is 34.6 Å². The van der Waals surface area contributed by atoms with Crippen LogP contribution in [-0.4, -0.2) is 27.9 Å². The number of carboxylic acids is 2. The summed E-state index contributed by atoms with van der Waals surface area (Å²) in [5.41, 5.74) is 3.17. The molecule has 0 aromatic rings. The van der Waals surface area contributed by atoms with Crippen molar-refractivity contribution in [3.05, 3.63) is 22.8 Å². The highest BCUT2D eigenvalue weighted by Crippen LogP contribution is 2.72. The first-order chi connectivity index (χ1) is 16.2. The third kappa shape index (κ3) is 3.74. The first kappa shape index (κ1) is 26.2. The highest BCUT2D eigenvalue weighted by molar-refractivity contribution is 5.86. The van der Waals surface area contributed by atoms with Gasteiger partial charge in [0.1, 0.15) is 5.78 Å². The number of aliphatic carboxylic acids is 2. The van der Waals surface area contributed by atoms with Crippen molar-refractivity contribution in [2.45, 2.75) is 106 Å². The zero-order valence-electron chi connectivity index (χ0n) is 22.5. The first-order valence-electron chi connectivity index (χ1n) is 13.6. The number of rotatable bonds is 6. The van der Waals surface area contributed by atoms with Crippen LogP contribution in [0.1, 0.15) is 106 Å². The van der Waals surface area contributed by atoms with Gasteiger partial charge in [0.25, 0.3) is 0 Å². The standard InChI is InChI=1S/C30H44O5/c1-18(25(32)33)8-7-9-19(26(34)35)20-12-16-30(6)22-10-11-23-27(2,3)24(31)14-15-28(23,4)21(22)13-17-29(20,30)5/h8,19-20,23H,7,9-17H2,1-6H3,(H,32,33)(H,34,35)/b18-8+/t19-,20+,23+,28-,29-,30+/m1/s1. The van der Waals surface area contributed by atoms with Gasteiger partial charge in [-0.3, -0.25) is 9.59 Å². The number of fused-ring (bicyclic) bond motifs is 4. The molecule has 2 N–H and O–H groups in total. The fourth-order valence-corrected chi connectivity index (χ4v) is 9.24. The average Bonchev–Trinajstić information content (AvgIpc) is 3.05. The Morgan fingerprint density at radius 2 is 1.66 bits per heavy atom. The normalized spacial score (nSPS) is 39.5. The first-order valence-corrected chi connectivity index (χ1v) is 13.6. The minimum Gasteiger partial charge on any atom is -0.481 e. The second kappa shape index (κ2) is 8.59. The smallest absolute Gasteiger partial charge is 0.330 e. The second-order valence-electron chi connectivity index (χ2n) is 13.2. The van der Waals surface area contributed by atoms with Crippen molar-refractivity contribution in [3.63, 3.8) is 0 Å². The molecule has 4 rings (SSSR count). The van der Waals surface area contributed by atoms with E-state index in [0.717, 1.165) is 44.9 Å². The van der Waals surface area contributed by atoms with E-state index >= 15 is 0 Å². The molecule has 5 heteroatoms. The molecule has 2 fully saturated rings. The van der Waals surface area contributed by atoms with Gasteiger partial charge in [0, 0.05) is 17.4 Å². The molecule has 0 aromatic carbocycles. The summed E-state index contributed by atoms with van der Waals surface area (Å²) in [6.07, 6.45) is 10.3. The molecule has 0 saturated heterocycles. The molecule has 35 heavy (non-hydrogen) atoms. The molecule has 0 heterocycles. The maximum absolute atomic E-state index is 12.8. The summed E-state index contributed by atoms with van der Waals surface area (Å²) in [6.45, 7) is 13.0. The summed E-state index contributed by atoms with van der Waals surface area (Å²) in [5, 5.41) is 19.4. The van der Waals surface area contributed by atoms with Crippen LogP contribution < -0.4 is 0 Å². The maximum atomic E-state index is 12.8. The predicted molar refractivity (Wildman–Crippen MR) is 136 cm³/mol. The van der Waals surface area contributed by atoms with Gasteiger partial charge in [0.2, 0.25) is 0 Å². The predicted octanol–water partition coefficient (Wildman–Crippen LogP) is 6.82. The zero-order chi connectivity index (χ0) is 26.0. The summed E-state index contributed by atoms with van der Waals surface area (Å²) < 4.78 is 0. The molecule has 4 aliphatic carbocycles. The Hall–Kier alpha value is -1.91. The van der Waals surface area contributed by atoms with E-state index in [-0.39, 0.29) is 33.2 Å². The van der Waals surface area contributed by atoms with Gasteiger partial charge >= 0.3 is 11.9 Å². The van der Waals surface area contributed by atoms with Crippen molar-refractivity contribution in [1.29, 1.82) is 0 Å². The van der Waals surface area contributed by atoms with E-state index in [1.807, 2.05) is 0 Å². The van der Waals surface area contributed by atoms with Gasteiger partial charge in [0.15, 0.2) is 0 Å². The van der Waals surface area contributed by atoms with E-state index in [9.17, 15) is 19.5 Å². The molecule has 0 amide bonds. The fraction of sp³-hybridized carbons (Fsp3) is 0.767. The summed E-state index contributed by atoms with van der Waals surface area (Å²) in [4.78, 5) is 36.4. The summed E-state index contributed by atoms with van der Waals surface area (Å²) in [6, 6.07) is 0. The molecular weight excluding hydrogens is 440 g/mol. The molecular formula is C30H44O5.